The van der Waals surface area contributed by atoms with Crippen LogP contribution in [-0.2, 0) is 4.79 Å². The fourth-order valence-corrected chi connectivity index (χ4v) is 2.52. The van der Waals surface area contributed by atoms with E-state index in [-0.39, 0.29) is 18.9 Å². The van der Waals surface area contributed by atoms with Crippen molar-refractivity contribution in [1.29, 1.82) is 0 Å². The molecule has 96 valence electrons. The van der Waals surface area contributed by atoms with Crippen LogP contribution in [0.1, 0.15) is 16.8 Å². The number of aliphatic carboxylic acids is 1. The van der Waals surface area contributed by atoms with Gasteiger partial charge in [-0.3, -0.25) is 4.79 Å². The molecule has 1 aliphatic rings. The van der Waals surface area contributed by atoms with E-state index in [1.807, 2.05) is 0 Å². The molecule has 0 bridgehead atoms. The molecule has 1 aromatic rings. The number of carboxylic acid groups (broad SMARTS) is 1. The monoisotopic (exact) mass is 313 g/mol. The van der Waals surface area contributed by atoms with E-state index in [2.05, 4.69) is 15.9 Å². The van der Waals surface area contributed by atoms with Crippen LogP contribution in [0.2, 0.25) is 0 Å². The first-order valence-electron chi connectivity index (χ1n) is 5.47. The molecule has 0 saturated carbocycles. The fraction of sp³-hybridized carbons (Fsp3) is 0.333. The molecule has 0 aliphatic carbocycles. The van der Waals surface area contributed by atoms with Crippen LogP contribution in [0.15, 0.2) is 28.7 Å². The van der Waals surface area contributed by atoms with Gasteiger partial charge in [0.1, 0.15) is 6.04 Å². The Morgan fingerprint density at radius 2 is 2.00 bits per heavy atom. The first-order valence-corrected chi connectivity index (χ1v) is 6.26. The van der Waals surface area contributed by atoms with E-state index < -0.39 is 18.1 Å². The SMILES string of the molecule is O=C(O)[C@@H]1C[C@@H](O)CN1C(=O)c1ccccc1Br. The van der Waals surface area contributed by atoms with E-state index in [1.54, 1.807) is 24.3 Å². The first kappa shape index (κ1) is 13.0. The number of hydrogen-bond donors (Lipinski definition) is 2. The van der Waals surface area contributed by atoms with Gasteiger partial charge in [0, 0.05) is 17.4 Å². The van der Waals surface area contributed by atoms with Crippen LogP contribution < -0.4 is 0 Å². The van der Waals surface area contributed by atoms with Crippen molar-refractivity contribution in [3.63, 3.8) is 0 Å². The minimum atomic E-state index is -1.09. The number of hydrogen-bond acceptors (Lipinski definition) is 3. The number of carboxylic acids is 1. The van der Waals surface area contributed by atoms with E-state index >= 15 is 0 Å². The van der Waals surface area contributed by atoms with E-state index in [0.29, 0.717) is 10.0 Å². The zero-order chi connectivity index (χ0) is 13.3. The maximum absolute atomic E-state index is 12.2. The Kier molecular flexibility index (Phi) is 3.68. The molecule has 1 heterocycles. The van der Waals surface area contributed by atoms with E-state index in [9.17, 15) is 14.7 Å². The van der Waals surface area contributed by atoms with Crippen molar-refractivity contribution in [2.75, 3.05) is 6.54 Å². The highest BCUT2D eigenvalue weighted by atomic mass is 79.9. The number of aliphatic hydroxyl groups excluding tert-OH is 1. The van der Waals surface area contributed by atoms with Crippen LogP contribution in [0.5, 0.6) is 0 Å². The summed E-state index contributed by atoms with van der Waals surface area (Å²) in [6.07, 6.45) is -0.705. The lowest BCUT2D eigenvalue weighted by Crippen LogP contribution is -2.40. The average molecular weight is 314 g/mol. The predicted molar refractivity (Wildman–Crippen MR) is 67.2 cm³/mol. The molecule has 18 heavy (non-hydrogen) atoms. The molecule has 1 aliphatic heterocycles. The summed E-state index contributed by atoms with van der Waals surface area (Å²) in [5, 5.41) is 18.6. The average Bonchev–Trinajstić information content (AvgIpc) is 2.71. The molecule has 0 unspecified atom stereocenters. The molecule has 1 fully saturated rings. The standard InChI is InChI=1S/C12H12BrNO4/c13-9-4-2-1-3-8(9)11(16)14-6-7(15)5-10(14)12(17)18/h1-4,7,10,15H,5-6H2,(H,17,18)/t7-,10+/m1/s1. The number of carbonyl (C=O) groups is 2. The molecule has 2 N–H and O–H groups in total. The Hall–Kier alpha value is -1.40. The Morgan fingerprint density at radius 3 is 2.61 bits per heavy atom. The second kappa shape index (κ2) is 5.07. The molecule has 0 radical (unpaired) electrons. The van der Waals surface area contributed by atoms with E-state index in [1.165, 1.54) is 4.90 Å². The molecule has 1 amide bonds. The molecule has 1 aromatic carbocycles. The minimum Gasteiger partial charge on any atom is -0.480 e. The highest BCUT2D eigenvalue weighted by Gasteiger charge is 2.39. The van der Waals surface area contributed by atoms with Gasteiger partial charge in [0.25, 0.3) is 5.91 Å². The van der Waals surface area contributed by atoms with Gasteiger partial charge < -0.3 is 15.1 Å². The topological polar surface area (TPSA) is 77.8 Å². The Morgan fingerprint density at radius 1 is 1.33 bits per heavy atom. The summed E-state index contributed by atoms with van der Waals surface area (Å²) in [7, 11) is 0. The number of rotatable bonds is 2. The lowest BCUT2D eigenvalue weighted by molar-refractivity contribution is -0.141. The van der Waals surface area contributed by atoms with Gasteiger partial charge in [-0.25, -0.2) is 4.79 Å². The number of benzene rings is 1. The van der Waals surface area contributed by atoms with Crippen LogP contribution in [0.3, 0.4) is 0 Å². The highest BCUT2D eigenvalue weighted by molar-refractivity contribution is 9.10. The van der Waals surface area contributed by atoms with Crippen molar-refractivity contribution in [3.05, 3.63) is 34.3 Å². The Bertz CT molecular complexity index is 491. The lowest BCUT2D eigenvalue weighted by atomic mass is 10.1. The third-order valence-corrected chi connectivity index (χ3v) is 3.62. The lowest BCUT2D eigenvalue weighted by Gasteiger charge is -2.21. The number of halogens is 1. The normalized spacial score (nSPS) is 23.1. The third-order valence-electron chi connectivity index (χ3n) is 2.93. The smallest absolute Gasteiger partial charge is 0.326 e. The van der Waals surface area contributed by atoms with Crippen LogP contribution in [0.4, 0.5) is 0 Å². The number of nitrogens with zero attached hydrogens (tertiary/aromatic N) is 1. The second-order valence-electron chi connectivity index (χ2n) is 4.18. The van der Waals surface area contributed by atoms with Crippen molar-refractivity contribution in [1.82, 2.24) is 4.90 Å². The number of likely N-dealkylation sites (tertiary alicyclic amines) is 1. The van der Waals surface area contributed by atoms with Crippen molar-refractivity contribution in [2.45, 2.75) is 18.6 Å². The first-order chi connectivity index (χ1) is 8.50. The Balaban J connectivity index is 2.28. The summed E-state index contributed by atoms with van der Waals surface area (Å²) in [6, 6.07) is 5.86. The van der Waals surface area contributed by atoms with Crippen molar-refractivity contribution < 1.29 is 19.8 Å². The molecule has 0 spiro atoms. The number of amides is 1. The molecule has 1 saturated heterocycles. The second-order valence-corrected chi connectivity index (χ2v) is 5.04. The Labute approximate surface area is 112 Å². The van der Waals surface area contributed by atoms with Crippen LogP contribution in [0.25, 0.3) is 0 Å². The maximum atomic E-state index is 12.2. The van der Waals surface area contributed by atoms with Gasteiger partial charge in [-0.05, 0) is 28.1 Å². The zero-order valence-corrected chi connectivity index (χ0v) is 11.0. The third kappa shape index (κ3) is 2.39. The predicted octanol–water partition coefficient (Wildman–Crippen LogP) is 1.11. The quantitative estimate of drug-likeness (QED) is 0.857. The molecule has 2 atom stereocenters. The van der Waals surface area contributed by atoms with Crippen LogP contribution >= 0.6 is 15.9 Å². The van der Waals surface area contributed by atoms with Gasteiger partial charge >= 0.3 is 5.97 Å². The van der Waals surface area contributed by atoms with Crippen LogP contribution in [-0.4, -0.2) is 45.7 Å². The molecule has 0 aromatic heterocycles. The molecule has 6 heteroatoms. The molecule has 5 nitrogen and oxygen atoms in total. The molecule has 2 rings (SSSR count). The van der Waals surface area contributed by atoms with Gasteiger partial charge in [-0.15, -0.1) is 0 Å². The van der Waals surface area contributed by atoms with Crippen molar-refractivity contribution in [2.24, 2.45) is 0 Å². The summed E-state index contributed by atoms with van der Waals surface area (Å²) in [6.45, 7) is 0.0527. The summed E-state index contributed by atoms with van der Waals surface area (Å²) in [4.78, 5) is 24.5. The van der Waals surface area contributed by atoms with Gasteiger partial charge in [-0.2, -0.15) is 0 Å². The summed E-state index contributed by atoms with van der Waals surface area (Å²) in [5.74, 6) is -1.47. The van der Waals surface area contributed by atoms with Gasteiger partial charge in [0.15, 0.2) is 0 Å². The minimum absolute atomic E-state index is 0.0527. The fourth-order valence-electron chi connectivity index (χ4n) is 2.06. The van der Waals surface area contributed by atoms with Crippen molar-refractivity contribution >= 4 is 27.8 Å². The van der Waals surface area contributed by atoms with Gasteiger partial charge in [-0.1, -0.05) is 12.1 Å². The molecular formula is C12H12BrNO4. The van der Waals surface area contributed by atoms with Gasteiger partial charge in [0.05, 0.1) is 11.7 Å². The van der Waals surface area contributed by atoms with Crippen LogP contribution in [0, 0.1) is 0 Å². The summed E-state index contributed by atoms with van der Waals surface area (Å²) >= 11 is 3.26. The highest BCUT2D eigenvalue weighted by Crippen LogP contribution is 2.24. The largest absolute Gasteiger partial charge is 0.480 e. The summed E-state index contributed by atoms with van der Waals surface area (Å²) < 4.78 is 0.612. The number of aliphatic hydroxyl groups is 1. The maximum Gasteiger partial charge on any atom is 0.326 e. The van der Waals surface area contributed by atoms with E-state index in [4.69, 9.17) is 5.11 Å². The number of carbonyl (C=O) groups excluding carboxylic acids is 1. The summed E-state index contributed by atoms with van der Waals surface area (Å²) in [5.41, 5.74) is 0.401. The number of β-amino-alcohol motifs (C(OH)–C–C–N with tert-alkyl or cyclic N) is 1. The van der Waals surface area contributed by atoms with Crippen molar-refractivity contribution in [3.8, 4) is 0 Å². The zero-order valence-electron chi connectivity index (χ0n) is 9.41. The van der Waals surface area contributed by atoms with E-state index in [0.717, 1.165) is 0 Å². The van der Waals surface area contributed by atoms with Gasteiger partial charge in [0.2, 0.25) is 0 Å². The molecular weight excluding hydrogens is 302 g/mol.